The molecule has 0 spiro atoms. The summed E-state index contributed by atoms with van der Waals surface area (Å²) in [5.41, 5.74) is -0.152. The summed E-state index contributed by atoms with van der Waals surface area (Å²) in [7, 11) is 0. The van der Waals surface area contributed by atoms with Crippen molar-refractivity contribution in [1.82, 2.24) is 0 Å². The Kier molecular flexibility index (Phi) is 30.6. The Morgan fingerprint density at radius 2 is 0.380 bits per heavy atom. The van der Waals surface area contributed by atoms with Crippen LogP contribution in [0.2, 0.25) is 0 Å². The van der Waals surface area contributed by atoms with Crippen molar-refractivity contribution in [1.29, 1.82) is 0 Å². The molecule has 0 unspecified atom stereocenters. The molecule has 0 saturated carbocycles. The molecular formula is C68H80N4O36. The van der Waals surface area contributed by atoms with Gasteiger partial charge in [0.25, 0.3) is 23.6 Å². The van der Waals surface area contributed by atoms with Gasteiger partial charge in [0.15, 0.2) is 123 Å². The standard InChI is InChI=1S/C68H80N4O36/c1-29(73)93-45-49(97-33(5)77)57(101-37(9)81)65-89-25-13-14-26-90-66-58(102-38(10)82)51(99-35(7)79)47(95-31(3)75)55(107-66)63(87)71-43-21-23-44(24-22-43)72-64(88)56-48(96-32(4)76)52(100-36(8)80)60(104-40(12)84)68(108-56)92-28-16-15-27-91-67-59(103-39(11)83)50(98-34(6)78)46(94-30(2)74)54(106-67)62(86)70-42-19-17-41(18-20-42)69-61(85)53(45)105-65/h13-24,45-60,65-68H,25-28H2,1-12H3,(H,69,85)(H,70,86)(H,71,87)(H,72,88)/t45-,46-,47-,48-,49-,50-,51-,52-,53-,54-,55-,56-,57+,58+,59+,60+,65-,66-,67-,68-/m0/s1. The lowest BCUT2D eigenvalue weighted by Gasteiger charge is -2.43. The molecule has 8 heterocycles. The number of benzene rings is 2. The number of ether oxygens (including phenoxy) is 20. The first-order valence-electron chi connectivity index (χ1n) is 33.0. The van der Waals surface area contributed by atoms with Crippen molar-refractivity contribution in [3.05, 3.63) is 72.8 Å². The largest absolute Gasteiger partial charge is 0.455 e. The number of amides is 4. The first-order chi connectivity index (χ1) is 51.1. The third-order valence-corrected chi connectivity index (χ3v) is 15.2. The van der Waals surface area contributed by atoms with E-state index in [4.69, 9.17) is 94.7 Å². The number of hydrogen-bond acceptors (Lipinski definition) is 36. The maximum Gasteiger partial charge on any atom is 0.303 e. The molecule has 0 radical (unpaired) electrons. The quantitative estimate of drug-likeness (QED) is 0.127. The molecule has 12 bridgehead atoms. The highest BCUT2D eigenvalue weighted by Crippen LogP contribution is 2.36. The molecule has 2 aromatic carbocycles. The van der Waals surface area contributed by atoms with Crippen LogP contribution in [-0.4, -0.2) is 245 Å². The van der Waals surface area contributed by atoms with Crippen molar-refractivity contribution in [2.75, 3.05) is 47.7 Å². The zero-order valence-electron chi connectivity index (χ0n) is 60.0. The molecule has 588 valence electrons. The monoisotopic (exact) mass is 1530 g/mol. The summed E-state index contributed by atoms with van der Waals surface area (Å²) in [6.07, 6.45) is -31.8. The van der Waals surface area contributed by atoms with E-state index in [1.54, 1.807) is 0 Å². The van der Waals surface area contributed by atoms with Crippen LogP contribution in [0.3, 0.4) is 0 Å². The Hall–Kier alpha value is -10.9. The normalized spacial score (nSPS) is 30.0. The summed E-state index contributed by atoms with van der Waals surface area (Å²) in [4.78, 5) is 210. The van der Waals surface area contributed by atoms with Crippen molar-refractivity contribution in [2.24, 2.45) is 0 Å². The SMILES string of the molecule is CC(=O)O[C@@H]1[C@@H](OC(C)=O)[C@H]2OCC=CCO[C@H]3O[C@H](C(=O)Nc4ccc(cc4)NC(=O)[C@H]4O[C@H](OCC=CCO[C@H]5O[C@H](C(=O)Nc6ccc(cc6)NC(=O)[C@@H](O2)[C@H]1OC(C)=O)[C@@H](OC(C)=O)[C@H](OC(C)=O)[C@H]5OC(C)=O)[C@H](OC(C)=O)[C@@H](OC(C)=O)[C@@H]4OC(C)=O)[C@@H](OC(C)=O)[C@H](OC(C)=O)[C@H]3OC(C)=O. The molecule has 40 heteroatoms. The summed E-state index contributed by atoms with van der Waals surface area (Å²) in [6, 6.07) is 10.0. The van der Waals surface area contributed by atoms with Gasteiger partial charge in [0.2, 0.25) is 0 Å². The van der Waals surface area contributed by atoms with E-state index in [0.29, 0.717) is 0 Å². The van der Waals surface area contributed by atoms with Gasteiger partial charge in [-0.15, -0.1) is 0 Å². The molecule has 20 atom stereocenters. The third-order valence-electron chi connectivity index (χ3n) is 15.2. The fraction of sp³-hybridized carbons (Fsp3) is 0.529. The molecule has 2 aromatic rings. The van der Waals surface area contributed by atoms with E-state index in [1.165, 1.54) is 72.8 Å². The third kappa shape index (κ3) is 24.1. The van der Waals surface area contributed by atoms with Gasteiger partial charge in [-0.05, 0) is 48.5 Å². The molecule has 4 N–H and O–H groups in total. The Balaban J connectivity index is 1.28. The summed E-state index contributed by atoms with van der Waals surface area (Å²) >= 11 is 0. The molecule has 108 heavy (non-hydrogen) atoms. The number of esters is 12. The maximum atomic E-state index is 14.5. The van der Waals surface area contributed by atoms with Crippen LogP contribution in [0.15, 0.2) is 72.8 Å². The summed E-state index contributed by atoms with van der Waals surface area (Å²) in [5.74, 6) is -16.5. The number of rotatable bonds is 12. The molecule has 40 nitrogen and oxygen atoms in total. The van der Waals surface area contributed by atoms with Crippen molar-refractivity contribution in [3.63, 3.8) is 0 Å². The van der Waals surface area contributed by atoms with Crippen LogP contribution >= 0.6 is 0 Å². The van der Waals surface area contributed by atoms with Crippen LogP contribution in [0.5, 0.6) is 0 Å². The van der Waals surface area contributed by atoms with E-state index >= 15 is 0 Å². The number of carbonyl (C=O) groups excluding carboxylic acids is 16. The zero-order valence-corrected chi connectivity index (χ0v) is 60.0. The minimum atomic E-state index is -1.96. The van der Waals surface area contributed by atoms with Crippen molar-refractivity contribution >= 4 is 118 Å². The van der Waals surface area contributed by atoms with E-state index < -0.39 is 245 Å². The zero-order chi connectivity index (χ0) is 79.4. The van der Waals surface area contributed by atoms with Crippen LogP contribution < -0.4 is 21.3 Å². The highest BCUT2D eigenvalue weighted by atomic mass is 16.8. The second-order valence-electron chi connectivity index (χ2n) is 24.0. The molecular weight excluding hydrogens is 1450 g/mol. The van der Waals surface area contributed by atoms with Gasteiger partial charge in [0, 0.05) is 106 Å². The number of anilines is 4. The highest BCUT2D eigenvalue weighted by molar-refractivity contribution is 5.99. The van der Waals surface area contributed by atoms with Crippen molar-refractivity contribution in [3.8, 4) is 0 Å². The smallest absolute Gasteiger partial charge is 0.303 e. The second kappa shape index (κ2) is 39.1. The molecule has 0 aromatic heterocycles. The fourth-order valence-corrected chi connectivity index (χ4v) is 11.5. The molecule has 4 fully saturated rings. The highest BCUT2D eigenvalue weighted by Gasteiger charge is 2.59. The van der Waals surface area contributed by atoms with Gasteiger partial charge in [0.05, 0.1) is 26.4 Å². The second-order valence-corrected chi connectivity index (χ2v) is 24.0. The van der Waals surface area contributed by atoms with Gasteiger partial charge in [0.1, 0.15) is 0 Å². The van der Waals surface area contributed by atoms with Gasteiger partial charge < -0.3 is 116 Å². The predicted molar refractivity (Wildman–Crippen MR) is 351 cm³/mol. The molecule has 4 saturated heterocycles. The van der Waals surface area contributed by atoms with E-state index in [1.807, 2.05) is 0 Å². The van der Waals surface area contributed by atoms with Gasteiger partial charge in [-0.1, -0.05) is 24.3 Å². The number of carbonyl (C=O) groups is 16. The summed E-state index contributed by atoms with van der Waals surface area (Å²) in [5, 5.41) is 10.2. The van der Waals surface area contributed by atoms with E-state index in [2.05, 4.69) is 21.3 Å². The van der Waals surface area contributed by atoms with Crippen LogP contribution in [0.4, 0.5) is 22.7 Å². The number of nitrogens with one attached hydrogen (secondary N) is 4. The van der Waals surface area contributed by atoms with Crippen LogP contribution in [0.1, 0.15) is 83.1 Å². The maximum absolute atomic E-state index is 14.5. The van der Waals surface area contributed by atoms with Gasteiger partial charge in [-0.2, -0.15) is 0 Å². The fourth-order valence-electron chi connectivity index (χ4n) is 11.5. The van der Waals surface area contributed by atoms with Crippen molar-refractivity contribution < 1.29 is 171 Å². The lowest BCUT2D eigenvalue weighted by atomic mass is 9.97. The molecule has 4 amide bonds. The lowest BCUT2D eigenvalue weighted by molar-refractivity contribution is -0.296. The number of hydrogen-bond donors (Lipinski definition) is 4. The van der Waals surface area contributed by atoms with Crippen LogP contribution in [0.25, 0.3) is 0 Å². The minimum Gasteiger partial charge on any atom is -0.455 e. The Labute approximate surface area is 614 Å². The Morgan fingerprint density at radius 1 is 0.241 bits per heavy atom. The molecule has 8 aliphatic heterocycles. The van der Waals surface area contributed by atoms with E-state index in [9.17, 15) is 76.7 Å². The Morgan fingerprint density at radius 3 is 0.528 bits per heavy atom. The minimum absolute atomic E-state index is 0.0381. The summed E-state index contributed by atoms with van der Waals surface area (Å²) in [6.45, 7) is 9.49. The predicted octanol–water partition coefficient (Wildman–Crippen LogP) is 0.413. The average Bonchev–Trinajstić information content (AvgIpc) is 0.797. The molecule has 0 aliphatic carbocycles. The van der Waals surface area contributed by atoms with Gasteiger partial charge in [-0.25, -0.2) is 0 Å². The lowest BCUT2D eigenvalue weighted by Crippen LogP contribution is -2.64. The topological polar surface area (TPSA) is 506 Å². The van der Waals surface area contributed by atoms with E-state index in [-0.39, 0.29) is 22.7 Å². The Bertz CT molecular complexity index is 3260. The first kappa shape index (κ1) is 84.4. The molecule has 10 rings (SSSR count). The summed E-state index contributed by atoms with van der Waals surface area (Å²) < 4.78 is 114. The average molecular weight is 1530 g/mol. The van der Waals surface area contributed by atoms with Crippen LogP contribution in [0, 0.1) is 0 Å². The van der Waals surface area contributed by atoms with Crippen molar-refractivity contribution in [2.45, 2.75) is 206 Å². The van der Waals surface area contributed by atoms with E-state index in [0.717, 1.165) is 83.1 Å². The molecule has 8 aliphatic rings. The van der Waals surface area contributed by atoms with Crippen LogP contribution in [-0.2, 0) is 171 Å². The van der Waals surface area contributed by atoms with Gasteiger partial charge in [-0.3, -0.25) is 76.7 Å². The van der Waals surface area contributed by atoms with Gasteiger partial charge >= 0.3 is 71.6 Å². The first-order valence-corrected chi connectivity index (χ1v) is 33.0.